The molecule has 0 aromatic carbocycles. The topological polar surface area (TPSA) is 35.2 Å². The average molecular weight is 235 g/mol. The Bertz CT molecular complexity index is 55.0. The molecule has 0 bridgehead atoms. The van der Waals surface area contributed by atoms with Gasteiger partial charge < -0.3 is 5.73 Å². The zero-order chi connectivity index (χ0) is 7.11. The number of rotatable bonds is 0. The molecule has 1 fully saturated rings. The van der Waals surface area contributed by atoms with Gasteiger partial charge in [0.05, 0.1) is 0 Å². The van der Waals surface area contributed by atoms with Crippen molar-refractivity contribution in [1.82, 2.24) is 0 Å². The quantitative estimate of drug-likeness (QED) is 0.611. The Morgan fingerprint density at radius 1 is 1.78 bits per heavy atom. The van der Waals surface area contributed by atoms with Gasteiger partial charge in [-0.1, -0.05) is 6.92 Å². The first-order chi connectivity index (χ1) is 4.31. The van der Waals surface area contributed by atoms with E-state index < -0.39 is 0 Å². The predicted octanol–water partition coefficient (Wildman–Crippen LogP) is 0.256. The van der Waals surface area contributed by atoms with E-state index in [0.717, 1.165) is 13.2 Å². The van der Waals surface area contributed by atoms with Crippen LogP contribution in [0.3, 0.4) is 0 Å². The molecule has 9 heavy (non-hydrogen) atoms. The summed E-state index contributed by atoms with van der Waals surface area (Å²) in [6, 6.07) is 0. The minimum atomic E-state index is 0.636. The Morgan fingerprint density at radius 2 is 2.33 bits per heavy atom. The third-order valence-electron chi connectivity index (χ3n) is 0.930. The molecule has 2 N–H and O–H groups in total. The van der Waals surface area contributed by atoms with Crippen molar-refractivity contribution in [3.05, 3.63) is 0 Å². The Morgan fingerprint density at radius 3 is 2.44 bits per heavy atom. The Kier molecular flexibility index (Phi) is 7.38. The van der Waals surface area contributed by atoms with Crippen LogP contribution in [0.15, 0.2) is 0 Å². The summed E-state index contributed by atoms with van der Waals surface area (Å²) in [6.45, 7) is 3.66. The molecule has 0 spiro atoms. The first kappa shape index (κ1) is 9.72. The normalized spacial score (nSPS) is 25.0. The van der Waals surface area contributed by atoms with Crippen LogP contribution in [-0.2, 0) is 4.74 Å². The van der Waals surface area contributed by atoms with E-state index >= 15 is 0 Å². The van der Waals surface area contributed by atoms with Gasteiger partial charge in [0.25, 0.3) is 0 Å². The van der Waals surface area contributed by atoms with E-state index in [9.17, 15) is 0 Å². The first-order valence-electron chi connectivity index (χ1n) is 3.34. The molecule has 1 aliphatic rings. The molecule has 53 valence electrons. The molecular weight excluding hydrogens is 221 g/mol. The molecule has 0 aromatic heterocycles. The second-order valence-electron chi connectivity index (χ2n) is 1.91. The molecule has 0 aliphatic carbocycles. The molecule has 0 amide bonds. The summed E-state index contributed by atoms with van der Waals surface area (Å²) < 4.78 is 5.83. The van der Waals surface area contributed by atoms with Crippen LogP contribution in [0.2, 0.25) is 0 Å². The molecule has 1 rings (SSSR count). The molecule has 1 heterocycles. The van der Waals surface area contributed by atoms with Gasteiger partial charge in [-0.05, 0) is 6.54 Å². The van der Waals surface area contributed by atoms with Crippen molar-refractivity contribution in [2.75, 3.05) is 13.2 Å². The van der Waals surface area contributed by atoms with Crippen molar-refractivity contribution in [3.63, 3.8) is 0 Å². The molecule has 0 aromatic rings. The maximum atomic E-state index is 5.19. The van der Waals surface area contributed by atoms with Crippen LogP contribution in [0, 0.1) is 0 Å². The number of hydrogen-bond acceptors (Lipinski definition) is 2. The summed E-state index contributed by atoms with van der Waals surface area (Å²) in [4.78, 5) is 0. The van der Waals surface area contributed by atoms with Gasteiger partial charge in [-0.2, -0.15) is 0 Å². The van der Waals surface area contributed by atoms with Crippen molar-refractivity contribution in [3.8, 4) is 0 Å². The van der Waals surface area contributed by atoms with Gasteiger partial charge in [0, 0.05) is 0 Å². The van der Waals surface area contributed by atoms with E-state index in [4.69, 9.17) is 10.5 Å². The van der Waals surface area contributed by atoms with E-state index in [1.807, 2.05) is 6.92 Å². The summed E-state index contributed by atoms with van der Waals surface area (Å²) in [5.74, 6) is 0. The fourth-order valence-electron chi connectivity index (χ4n) is 0.578. The van der Waals surface area contributed by atoms with Crippen molar-refractivity contribution in [2.24, 2.45) is 5.73 Å². The molecule has 1 aliphatic heterocycles. The molecule has 1 saturated heterocycles. The third-order valence-corrected chi connectivity index (χ3v) is 2.23. The molecule has 0 saturated carbocycles. The van der Waals surface area contributed by atoms with Gasteiger partial charge >= 0.3 is 50.8 Å². The first-order valence-corrected chi connectivity index (χ1v) is 4.98. The van der Waals surface area contributed by atoms with E-state index in [-0.39, 0.29) is 0 Å². The number of ether oxygens (including phenoxy) is 1. The maximum absolute atomic E-state index is 5.19. The van der Waals surface area contributed by atoms with Gasteiger partial charge in [-0.15, -0.1) is 0 Å². The van der Waals surface area contributed by atoms with E-state index in [1.165, 1.54) is 12.8 Å². The minimum absolute atomic E-state index is 0.636. The van der Waals surface area contributed by atoms with Crippen LogP contribution < -0.4 is 5.73 Å². The molecule has 3 heteroatoms. The third kappa shape index (κ3) is 6.61. The van der Waals surface area contributed by atoms with Crippen LogP contribution in [-0.4, -0.2) is 39.8 Å². The van der Waals surface area contributed by atoms with E-state index in [2.05, 4.69) is 0 Å². The van der Waals surface area contributed by atoms with Crippen molar-refractivity contribution in [1.29, 1.82) is 0 Å². The van der Waals surface area contributed by atoms with Gasteiger partial charge in [0.15, 0.2) is 0 Å². The van der Waals surface area contributed by atoms with Crippen LogP contribution in [0.5, 0.6) is 0 Å². The van der Waals surface area contributed by atoms with Gasteiger partial charge in [0.2, 0.25) is 0 Å². The number of nitrogens with two attached hydrogens (primary N) is 1. The van der Waals surface area contributed by atoms with Gasteiger partial charge in [-0.3, -0.25) is 0 Å². The van der Waals surface area contributed by atoms with E-state index in [1.54, 1.807) is 22.5 Å². The van der Waals surface area contributed by atoms with Gasteiger partial charge in [-0.25, -0.2) is 0 Å². The van der Waals surface area contributed by atoms with Crippen molar-refractivity contribution >= 4 is 22.5 Å². The Hall–Kier alpha value is 0.719. The summed E-state index contributed by atoms with van der Waals surface area (Å²) in [5, 5.41) is 0. The fraction of sp³-hybridized carbons (Fsp3) is 1.00. The average Bonchev–Trinajstić information content (AvgIpc) is 2.20. The second kappa shape index (κ2) is 6.83. The van der Waals surface area contributed by atoms with Crippen LogP contribution in [0.25, 0.3) is 0 Å². The fourth-order valence-corrected chi connectivity index (χ4v) is 1.50. The van der Waals surface area contributed by atoms with Gasteiger partial charge in [0.1, 0.15) is 0 Å². The van der Waals surface area contributed by atoms with Crippen LogP contribution in [0.4, 0.5) is 0 Å². The Labute approximate surface area is 70.2 Å². The predicted molar refractivity (Wildman–Crippen MR) is 39.5 cm³/mol. The molecular formula is C6H14NOSn. The SMILES string of the molecule is CCN.[Sn][C@@H]1CCCO1. The molecule has 0 unspecified atom stereocenters. The molecule has 1 atom stereocenters. The van der Waals surface area contributed by atoms with Crippen LogP contribution in [0.1, 0.15) is 19.8 Å². The zero-order valence-corrected chi connectivity index (χ0v) is 8.75. The monoisotopic (exact) mass is 236 g/mol. The van der Waals surface area contributed by atoms with Crippen LogP contribution >= 0.6 is 0 Å². The van der Waals surface area contributed by atoms with E-state index in [0.29, 0.717) is 4.12 Å². The second-order valence-corrected chi connectivity index (χ2v) is 3.75. The molecule has 3 radical (unpaired) electrons. The van der Waals surface area contributed by atoms with Crippen molar-refractivity contribution in [2.45, 2.75) is 23.9 Å². The summed E-state index contributed by atoms with van der Waals surface area (Å²) >= 11 is 1.54. The Balaban J connectivity index is 0.000000187. The van der Waals surface area contributed by atoms with Crippen molar-refractivity contribution < 1.29 is 4.74 Å². The molecule has 2 nitrogen and oxygen atoms in total. The standard InChI is InChI=1S/C4H7O.C2H7N.Sn/c1-2-4-5-3-1;1-2-3;/h3H,1-2,4H2;2-3H2,1H3;. The zero-order valence-electron chi connectivity index (χ0n) is 5.89. The summed E-state index contributed by atoms with van der Waals surface area (Å²) in [6.07, 6.45) is 2.59. The number of hydrogen-bond donors (Lipinski definition) is 1. The summed E-state index contributed by atoms with van der Waals surface area (Å²) in [5.41, 5.74) is 4.85. The summed E-state index contributed by atoms with van der Waals surface area (Å²) in [7, 11) is 0.